The predicted octanol–water partition coefficient (Wildman–Crippen LogP) is 4.29. The van der Waals surface area contributed by atoms with Gasteiger partial charge >= 0.3 is 0 Å². The summed E-state index contributed by atoms with van der Waals surface area (Å²) < 4.78 is 0. The number of fused-ring (bicyclic) bond motifs is 1. The van der Waals surface area contributed by atoms with Crippen LogP contribution in [-0.2, 0) is 11.2 Å². The number of aromatic nitrogens is 1. The van der Waals surface area contributed by atoms with E-state index in [2.05, 4.69) is 23.3 Å². The molecule has 0 radical (unpaired) electrons. The summed E-state index contributed by atoms with van der Waals surface area (Å²) in [7, 11) is 0. The smallest absolute Gasteiger partial charge is 0.237 e. The number of para-hydroxylation sites is 1. The second kappa shape index (κ2) is 10.9. The van der Waals surface area contributed by atoms with Crippen LogP contribution in [0.15, 0.2) is 30.5 Å². The van der Waals surface area contributed by atoms with Gasteiger partial charge in [0.1, 0.15) is 0 Å². The van der Waals surface area contributed by atoms with Crippen molar-refractivity contribution in [3.05, 3.63) is 36.0 Å². The molecular weight excluding hydrogens is 310 g/mol. The fraction of sp³-hybridized carbons (Fsp3) is 0.571. The molecule has 1 aromatic carbocycles. The van der Waals surface area contributed by atoms with Crippen molar-refractivity contribution in [3.8, 4) is 0 Å². The lowest BCUT2D eigenvalue weighted by atomic mass is 10.0. The van der Waals surface area contributed by atoms with Crippen molar-refractivity contribution >= 4 is 16.8 Å². The molecule has 0 spiro atoms. The van der Waals surface area contributed by atoms with E-state index in [0.717, 1.165) is 29.4 Å². The number of unbranched alkanes of at least 4 members (excludes halogenated alkanes) is 7. The summed E-state index contributed by atoms with van der Waals surface area (Å²) in [5, 5.41) is 4.13. The van der Waals surface area contributed by atoms with Gasteiger partial charge in [0.25, 0.3) is 0 Å². The summed E-state index contributed by atoms with van der Waals surface area (Å²) in [5.41, 5.74) is 8.27. The van der Waals surface area contributed by atoms with Crippen LogP contribution < -0.4 is 11.1 Å². The third-order valence-corrected chi connectivity index (χ3v) is 4.78. The number of carbonyl (C=O) groups excluding carboxylic acids is 1. The Morgan fingerprint density at radius 1 is 1.08 bits per heavy atom. The van der Waals surface area contributed by atoms with Crippen molar-refractivity contribution < 1.29 is 4.79 Å². The minimum Gasteiger partial charge on any atom is -0.361 e. The number of hydrogen-bond donors (Lipinski definition) is 3. The molecule has 0 aliphatic carbocycles. The molecule has 1 heterocycles. The number of nitrogens with two attached hydrogens (primary N) is 1. The van der Waals surface area contributed by atoms with Crippen LogP contribution in [0.2, 0.25) is 0 Å². The zero-order valence-corrected chi connectivity index (χ0v) is 15.5. The first kappa shape index (κ1) is 19.5. The maximum Gasteiger partial charge on any atom is 0.237 e. The largest absolute Gasteiger partial charge is 0.361 e. The molecule has 0 aliphatic rings. The van der Waals surface area contributed by atoms with Gasteiger partial charge in [-0.3, -0.25) is 4.79 Å². The van der Waals surface area contributed by atoms with E-state index in [1.807, 2.05) is 24.4 Å². The molecule has 1 amide bonds. The lowest BCUT2D eigenvalue weighted by Crippen LogP contribution is -2.42. The first-order chi connectivity index (χ1) is 12.2. The third kappa shape index (κ3) is 6.54. The molecule has 138 valence electrons. The highest BCUT2D eigenvalue weighted by molar-refractivity contribution is 5.86. The highest BCUT2D eigenvalue weighted by Gasteiger charge is 2.15. The third-order valence-electron chi connectivity index (χ3n) is 4.78. The predicted molar refractivity (Wildman–Crippen MR) is 106 cm³/mol. The van der Waals surface area contributed by atoms with Crippen molar-refractivity contribution in [2.24, 2.45) is 5.73 Å². The number of amides is 1. The summed E-state index contributed by atoms with van der Waals surface area (Å²) in [6.07, 6.45) is 12.7. The van der Waals surface area contributed by atoms with Gasteiger partial charge in [0.15, 0.2) is 0 Å². The molecule has 2 aromatic rings. The Hall–Kier alpha value is -1.81. The van der Waals surface area contributed by atoms with Crippen LogP contribution in [0.3, 0.4) is 0 Å². The molecule has 1 unspecified atom stereocenters. The fourth-order valence-electron chi connectivity index (χ4n) is 3.23. The van der Waals surface area contributed by atoms with Crippen LogP contribution in [0.1, 0.15) is 63.9 Å². The summed E-state index contributed by atoms with van der Waals surface area (Å²) in [6, 6.07) is 7.61. The topological polar surface area (TPSA) is 70.9 Å². The lowest BCUT2D eigenvalue weighted by Gasteiger charge is -2.12. The van der Waals surface area contributed by atoms with E-state index in [-0.39, 0.29) is 5.91 Å². The monoisotopic (exact) mass is 343 g/mol. The minimum absolute atomic E-state index is 0.0479. The van der Waals surface area contributed by atoms with E-state index in [9.17, 15) is 4.79 Å². The summed E-state index contributed by atoms with van der Waals surface area (Å²) in [5.74, 6) is -0.0479. The summed E-state index contributed by atoms with van der Waals surface area (Å²) >= 11 is 0. The zero-order valence-electron chi connectivity index (χ0n) is 15.5. The van der Waals surface area contributed by atoms with Gasteiger partial charge in [0.2, 0.25) is 5.91 Å². The number of nitrogens with one attached hydrogen (secondary N) is 2. The highest BCUT2D eigenvalue weighted by Crippen LogP contribution is 2.18. The van der Waals surface area contributed by atoms with Gasteiger partial charge in [-0.2, -0.15) is 0 Å². The van der Waals surface area contributed by atoms with Crippen molar-refractivity contribution in [1.82, 2.24) is 10.3 Å². The van der Waals surface area contributed by atoms with Gasteiger partial charge in [0, 0.05) is 23.6 Å². The Balaban J connectivity index is 1.61. The van der Waals surface area contributed by atoms with E-state index in [0.29, 0.717) is 6.42 Å². The zero-order chi connectivity index (χ0) is 17.9. The molecule has 1 atom stereocenters. The van der Waals surface area contributed by atoms with E-state index in [1.54, 1.807) is 0 Å². The molecule has 1 aromatic heterocycles. The van der Waals surface area contributed by atoms with Crippen molar-refractivity contribution in [2.75, 3.05) is 6.54 Å². The Kier molecular flexibility index (Phi) is 8.53. The SMILES string of the molecule is CCCCCCCCCCNC(=O)C(N)Cc1c[nH]c2ccccc12. The van der Waals surface area contributed by atoms with Crippen LogP contribution >= 0.6 is 0 Å². The Morgan fingerprint density at radius 3 is 2.52 bits per heavy atom. The number of benzene rings is 1. The number of H-pyrrole nitrogens is 1. The van der Waals surface area contributed by atoms with Gasteiger partial charge < -0.3 is 16.0 Å². The van der Waals surface area contributed by atoms with Crippen LogP contribution in [0.5, 0.6) is 0 Å². The first-order valence-electron chi connectivity index (χ1n) is 9.80. The van der Waals surface area contributed by atoms with Gasteiger partial charge in [-0.05, 0) is 24.5 Å². The molecule has 0 saturated heterocycles. The standard InChI is InChI=1S/C21H33N3O/c1-2-3-4-5-6-7-8-11-14-23-21(25)19(22)15-17-16-24-20-13-10-9-12-18(17)20/h9-10,12-13,16,19,24H,2-8,11,14-15,22H2,1H3,(H,23,25). The molecule has 0 bridgehead atoms. The maximum atomic E-state index is 12.2. The minimum atomic E-state index is -0.492. The Bertz CT molecular complexity index is 635. The lowest BCUT2D eigenvalue weighted by molar-refractivity contribution is -0.122. The van der Waals surface area contributed by atoms with Crippen LogP contribution in [0.4, 0.5) is 0 Å². The maximum absolute atomic E-state index is 12.2. The second-order valence-corrected chi connectivity index (χ2v) is 6.94. The number of hydrogen-bond acceptors (Lipinski definition) is 2. The number of aromatic amines is 1. The normalized spacial score (nSPS) is 12.4. The second-order valence-electron chi connectivity index (χ2n) is 6.94. The van der Waals surface area contributed by atoms with Crippen molar-refractivity contribution in [1.29, 1.82) is 0 Å². The quantitative estimate of drug-likeness (QED) is 0.503. The van der Waals surface area contributed by atoms with Crippen LogP contribution in [-0.4, -0.2) is 23.5 Å². The van der Waals surface area contributed by atoms with Gasteiger partial charge in [-0.15, -0.1) is 0 Å². The number of carbonyl (C=O) groups is 1. The average molecular weight is 344 g/mol. The molecule has 4 N–H and O–H groups in total. The number of rotatable bonds is 12. The van der Waals surface area contributed by atoms with Gasteiger partial charge in [0.05, 0.1) is 6.04 Å². The van der Waals surface area contributed by atoms with Gasteiger partial charge in [-0.1, -0.05) is 70.1 Å². The molecule has 0 saturated carbocycles. The van der Waals surface area contributed by atoms with Gasteiger partial charge in [-0.25, -0.2) is 0 Å². The molecular formula is C21H33N3O. The average Bonchev–Trinajstić information content (AvgIpc) is 3.03. The van der Waals surface area contributed by atoms with E-state index in [1.165, 1.54) is 44.9 Å². The molecule has 2 rings (SSSR count). The fourth-order valence-corrected chi connectivity index (χ4v) is 3.23. The van der Waals surface area contributed by atoms with Crippen molar-refractivity contribution in [2.45, 2.75) is 70.8 Å². The first-order valence-corrected chi connectivity index (χ1v) is 9.80. The van der Waals surface area contributed by atoms with Crippen molar-refractivity contribution in [3.63, 3.8) is 0 Å². The van der Waals surface area contributed by atoms with Crippen LogP contribution in [0.25, 0.3) is 10.9 Å². The van der Waals surface area contributed by atoms with E-state index >= 15 is 0 Å². The molecule has 25 heavy (non-hydrogen) atoms. The molecule has 0 fully saturated rings. The summed E-state index contributed by atoms with van der Waals surface area (Å²) in [6.45, 7) is 2.97. The highest BCUT2D eigenvalue weighted by atomic mass is 16.2. The van der Waals surface area contributed by atoms with E-state index < -0.39 is 6.04 Å². The van der Waals surface area contributed by atoms with E-state index in [4.69, 9.17) is 5.73 Å². The Morgan fingerprint density at radius 2 is 1.76 bits per heavy atom. The Labute approximate surface area is 151 Å². The molecule has 0 aliphatic heterocycles. The molecule has 4 nitrogen and oxygen atoms in total. The summed E-state index contributed by atoms with van der Waals surface area (Å²) in [4.78, 5) is 15.4. The van der Waals surface area contributed by atoms with Crippen LogP contribution in [0, 0.1) is 0 Å². The molecule has 4 heteroatoms.